The maximum atomic E-state index is 5.60. The van der Waals surface area contributed by atoms with Gasteiger partial charge in [0.25, 0.3) is 0 Å². The van der Waals surface area contributed by atoms with Crippen molar-refractivity contribution in [3.8, 4) is 0 Å². The quantitative estimate of drug-likeness (QED) is 0.874. The van der Waals surface area contributed by atoms with Crippen LogP contribution >= 0.6 is 27.7 Å². The van der Waals surface area contributed by atoms with Gasteiger partial charge in [-0.05, 0) is 61.7 Å². The van der Waals surface area contributed by atoms with Gasteiger partial charge in [0, 0.05) is 14.3 Å². The summed E-state index contributed by atoms with van der Waals surface area (Å²) in [7, 11) is 0. The lowest BCUT2D eigenvalue weighted by atomic mass is 10.1. The minimum absolute atomic E-state index is 0.683. The first-order chi connectivity index (χ1) is 9.10. The minimum atomic E-state index is 0.683. The van der Waals surface area contributed by atoms with E-state index in [4.69, 9.17) is 5.73 Å². The predicted molar refractivity (Wildman–Crippen MR) is 86.9 cm³/mol. The van der Waals surface area contributed by atoms with E-state index in [1.807, 2.05) is 11.8 Å². The normalized spacial score (nSPS) is 10.7. The van der Waals surface area contributed by atoms with Crippen LogP contribution in [-0.4, -0.2) is 6.54 Å². The Morgan fingerprint density at radius 1 is 1.11 bits per heavy atom. The van der Waals surface area contributed by atoms with E-state index >= 15 is 0 Å². The van der Waals surface area contributed by atoms with Crippen molar-refractivity contribution < 1.29 is 0 Å². The van der Waals surface area contributed by atoms with Crippen LogP contribution in [-0.2, 0) is 6.42 Å². The van der Waals surface area contributed by atoms with E-state index in [9.17, 15) is 0 Å². The highest BCUT2D eigenvalue weighted by Crippen LogP contribution is 2.33. The first kappa shape index (κ1) is 14.6. The SMILES string of the molecule is Cc1ccc(C)c(Sc2ccc(CCN)c(Br)c2)c1. The lowest BCUT2D eigenvalue weighted by Gasteiger charge is -2.09. The third-order valence-electron chi connectivity index (χ3n) is 3.01. The fraction of sp³-hybridized carbons (Fsp3) is 0.250. The maximum absolute atomic E-state index is 5.60. The molecule has 0 aromatic heterocycles. The van der Waals surface area contributed by atoms with Gasteiger partial charge in [-0.3, -0.25) is 0 Å². The van der Waals surface area contributed by atoms with Gasteiger partial charge in [-0.1, -0.05) is 45.9 Å². The lowest BCUT2D eigenvalue weighted by molar-refractivity contribution is 0.960. The Morgan fingerprint density at radius 3 is 2.58 bits per heavy atom. The first-order valence-corrected chi connectivity index (χ1v) is 7.94. The molecule has 100 valence electrons. The van der Waals surface area contributed by atoms with Crippen molar-refractivity contribution in [2.24, 2.45) is 5.73 Å². The molecule has 0 aliphatic heterocycles. The largest absolute Gasteiger partial charge is 0.330 e. The summed E-state index contributed by atoms with van der Waals surface area (Å²) >= 11 is 5.43. The van der Waals surface area contributed by atoms with Gasteiger partial charge in [0.1, 0.15) is 0 Å². The molecular formula is C16H18BrNS. The fourth-order valence-corrected chi connectivity index (χ4v) is 3.66. The minimum Gasteiger partial charge on any atom is -0.330 e. The summed E-state index contributed by atoms with van der Waals surface area (Å²) in [5, 5.41) is 0. The lowest BCUT2D eigenvalue weighted by Crippen LogP contribution is -2.03. The molecule has 19 heavy (non-hydrogen) atoms. The zero-order valence-corrected chi connectivity index (χ0v) is 13.6. The summed E-state index contributed by atoms with van der Waals surface area (Å²) in [4.78, 5) is 2.57. The van der Waals surface area contributed by atoms with Gasteiger partial charge in [0.05, 0.1) is 0 Å². The van der Waals surface area contributed by atoms with Crippen molar-refractivity contribution in [3.63, 3.8) is 0 Å². The van der Waals surface area contributed by atoms with Gasteiger partial charge in [-0.25, -0.2) is 0 Å². The summed E-state index contributed by atoms with van der Waals surface area (Å²) < 4.78 is 1.15. The highest BCUT2D eigenvalue weighted by atomic mass is 79.9. The number of hydrogen-bond donors (Lipinski definition) is 1. The van der Waals surface area contributed by atoms with Gasteiger partial charge in [-0.2, -0.15) is 0 Å². The molecule has 0 saturated heterocycles. The number of benzene rings is 2. The second kappa shape index (κ2) is 6.60. The molecule has 1 nitrogen and oxygen atoms in total. The van der Waals surface area contributed by atoms with Crippen LogP contribution in [0.2, 0.25) is 0 Å². The van der Waals surface area contributed by atoms with E-state index < -0.39 is 0 Å². The third-order valence-corrected chi connectivity index (χ3v) is 4.90. The molecule has 2 aromatic rings. The topological polar surface area (TPSA) is 26.0 Å². The second-order valence-electron chi connectivity index (χ2n) is 4.66. The maximum Gasteiger partial charge on any atom is 0.0219 e. The van der Waals surface area contributed by atoms with Crippen LogP contribution in [0.15, 0.2) is 50.7 Å². The Labute approximate surface area is 127 Å². The van der Waals surface area contributed by atoms with Crippen molar-refractivity contribution >= 4 is 27.7 Å². The van der Waals surface area contributed by atoms with Crippen LogP contribution in [0.3, 0.4) is 0 Å². The molecule has 0 radical (unpaired) electrons. The molecule has 0 aliphatic rings. The Bertz CT molecular complexity index is 581. The molecule has 3 heteroatoms. The monoisotopic (exact) mass is 335 g/mol. The number of nitrogens with two attached hydrogens (primary N) is 1. The van der Waals surface area contributed by atoms with Crippen LogP contribution in [0.5, 0.6) is 0 Å². The summed E-state index contributed by atoms with van der Waals surface area (Å²) in [6.07, 6.45) is 0.912. The standard InChI is InChI=1S/C16H18BrNS/c1-11-3-4-12(2)16(9-11)19-14-6-5-13(7-8-18)15(17)10-14/h3-6,9-10H,7-8,18H2,1-2H3. The van der Waals surface area contributed by atoms with Gasteiger partial charge < -0.3 is 5.73 Å². The Kier molecular flexibility index (Phi) is 5.08. The van der Waals surface area contributed by atoms with E-state index in [0.717, 1.165) is 10.9 Å². The van der Waals surface area contributed by atoms with E-state index in [2.05, 4.69) is 66.2 Å². The first-order valence-electron chi connectivity index (χ1n) is 6.34. The van der Waals surface area contributed by atoms with Crippen LogP contribution in [0, 0.1) is 13.8 Å². The van der Waals surface area contributed by atoms with Crippen molar-refractivity contribution in [1.29, 1.82) is 0 Å². The number of halogens is 1. The highest BCUT2D eigenvalue weighted by molar-refractivity contribution is 9.10. The molecule has 0 heterocycles. The average Bonchev–Trinajstić information content (AvgIpc) is 2.37. The summed E-state index contributed by atoms with van der Waals surface area (Å²) in [5.74, 6) is 0. The Hall–Kier alpha value is -0.770. The molecule has 0 aliphatic carbocycles. The fourth-order valence-electron chi connectivity index (χ4n) is 1.89. The molecule has 2 N–H and O–H groups in total. The zero-order valence-electron chi connectivity index (χ0n) is 11.2. The van der Waals surface area contributed by atoms with Gasteiger partial charge in [0.2, 0.25) is 0 Å². The predicted octanol–water partition coefficient (Wildman–Crippen LogP) is 4.72. The smallest absolute Gasteiger partial charge is 0.0219 e. The molecule has 2 aromatic carbocycles. The van der Waals surface area contributed by atoms with E-state index in [1.165, 1.54) is 26.5 Å². The van der Waals surface area contributed by atoms with Crippen molar-refractivity contribution in [1.82, 2.24) is 0 Å². The second-order valence-corrected chi connectivity index (χ2v) is 6.63. The molecule has 2 rings (SSSR count). The van der Waals surface area contributed by atoms with Crippen LogP contribution in [0.25, 0.3) is 0 Å². The molecule has 0 saturated carbocycles. The van der Waals surface area contributed by atoms with E-state index in [-0.39, 0.29) is 0 Å². The summed E-state index contributed by atoms with van der Waals surface area (Å²) in [6, 6.07) is 13.1. The van der Waals surface area contributed by atoms with E-state index in [0.29, 0.717) is 6.54 Å². The molecule has 0 bridgehead atoms. The third kappa shape index (κ3) is 3.85. The van der Waals surface area contributed by atoms with Gasteiger partial charge >= 0.3 is 0 Å². The molecule has 0 spiro atoms. The molecule has 0 atom stereocenters. The van der Waals surface area contributed by atoms with Crippen LogP contribution in [0.1, 0.15) is 16.7 Å². The van der Waals surface area contributed by atoms with Crippen molar-refractivity contribution in [2.45, 2.75) is 30.1 Å². The number of aryl methyl sites for hydroxylation is 2. The van der Waals surface area contributed by atoms with Gasteiger partial charge in [0.15, 0.2) is 0 Å². The van der Waals surface area contributed by atoms with Crippen LogP contribution in [0.4, 0.5) is 0 Å². The summed E-state index contributed by atoms with van der Waals surface area (Å²) in [6.45, 7) is 4.96. The highest BCUT2D eigenvalue weighted by Gasteiger charge is 2.05. The van der Waals surface area contributed by atoms with Crippen molar-refractivity contribution in [3.05, 3.63) is 57.6 Å². The van der Waals surface area contributed by atoms with Crippen LogP contribution < -0.4 is 5.73 Å². The number of rotatable bonds is 4. The molecule has 0 fully saturated rings. The zero-order chi connectivity index (χ0) is 13.8. The summed E-state index contributed by atoms with van der Waals surface area (Å²) in [5.41, 5.74) is 9.49. The molecular weight excluding hydrogens is 318 g/mol. The van der Waals surface area contributed by atoms with E-state index in [1.54, 1.807) is 0 Å². The molecule has 0 amide bonds. The number of hydrogen-bond acceptors (Lipinski definition) is 2. The van der Waals surface area contributed by atoms with Gasteiger partial charge in [-0.15, -0.1) is 0 Å². The Balaban J connectivity index is 2.24. The Morgan fingerprint density at radius 2 is 1.89 bits per heavy atom. The van der Waals surface area contributed by atoms with Crippen molar-refractivity contribution in [2.75, 3.05) is 6.54 Å². The average molecular weight is 336 g/mol. The molecule has 0 unspecified atom stereocenters.